The molecule has 0 heterocycles. The Labute approximate surface area is 141 Å². The van der Waals surface area contributed by atoms with E-state index in [9.17, 15) is 5.11 Å². The molecule has 0 radical (unpaired) electrons. The van der Waals surface area contributed by atoms with Crippen molar-refractivity contribution in [1.82, 2.24) is 0 Å². The number of aliphatic hydroxyl groups is 1. The van der Waals surface area contributed by atoms with Crippen LogP contribution in [0, 0.1) is 11.8 Å². The number of rotatable bonds is 11. The van der Waals surface area contributed by atoms with Crippen molar-refractivity contribution in [3.05, 3.63) is 47.5 Å². The van der Waals surface area contributed by atoms with Gasteiger partial charge in [-0.05, 0) is 36.3 Å². The van der Waals surface area contributed by atoms with Gasteiger partial charge in [0.2, 0.25) is 0 Å². The molecule has 23 heavy (non-hydrogen) atoms. The summed E-state index contributed by atoms with van der Waals surface area (Å²) < 4.78 is 11.7. The van der Waals surface area contributed by atoms with Crippen molar-refractivity contribution in [2.75, 3.05) is 13.4 Å². The van der Waals surface area contributed by atoms with Gasteiger partial charge in [-0.3, -0.25) is 0 Å². The van der Waals surface area contributed by atoms with E-state index < -0.39 is 0 Å². The predicted molar refractivity (Wildman–Crippen MR) is 95.0 cm³/mol. The van der Waals surface area contributed by atoms with E-state index >= 15 is 0 Å². The first kappa shape index (κ1) is 19.9. The van der Waals surface area contributed by atoms with Crippen LogP contribution < -0.4 is 0 Å². The zero-order valence-electron chi connectivity index (χ0n) is 15.0. The maximum absolute atomic E-state index is 9.24. The maximum Gasteiger partial charge on any atom is 0.147 e. The molecule has 0 bridgehead atoms. The Balaban J connectivity index is 2.53. The molecule has 1 rings (SSSR count). The lowest BCUT2D eigenvalue weighted by Crippen LogP contribution is -2.25. The predicted octanol–water partition coefficient (Wildman–Crippen LogP) is 4.56. The smallest absolute Gasteiger partial charge is 0.147 e. The fourth-order valence-electron chi connectivity index (χ4n) is 2.80. The summed E-state index contributed by atoms with van der Waals surface area (Å²) in [6.45, 7) is 9.51. The monoisotopic (exact) mass is 320 g/mol. The lowest BCUT2D eigenvalue weighted by Gasteiger charge is -2.26. The molecule has 1 aromatic carbocycles. The van der Waals surface area contributed by atoms with E-state index in [1.54, 1.807) is 0 Å². The molecule has 0 saturated carbocycles. The van der Waals surface area contributed by atoms with Gasteiger partial charge in [-0.25, -0.2) is 0 Å². The molecule has 3 atom stereocenters. The molecule has 0 unspecified atom stereocenters. The van der Waals surface area contributed by atoms with E-state index in [0.717, 1.165) is 18.4 Å². The molecular weight excluding hydrogens is 288 g/mol. The van der Waals surface area contributed by atoms with E-state index in [1.807, 2.05) is 37.3 Å². The van der Waals surface area contributed by atoms with Crippen LogP contribution in [-0.2, 0) is 16.1 Å². The minimum Gasteiger partial charge on any atom is -0.396 e. The Morgan fingerprint density at radius 1 is 1.22 bits per heavy atom. The molecule has 3 nitrogen and oxygen atoms in total. The normalized spacial score (nSPS) is 16.1. The van der Waals surface area contributed by atoms with Crippen LogP contribution in [0.4, 0.5) is 0 Å². The Hall–Kier alpha value is -1.16. The average molecular weight is 320 g/mol. The average Bonchev–Trinajstić information content (AvgIpc) is 2.55. The summed E-state index contributed by atoms with van der Waals surface area (Å²) in [4.78, 5) is 0. The SMILES string of the molecule is CCC[C@@H](C)[C@H](OCOCc1ccccc1)/C(C)=C/[C@H](C)CO. The molecule has 0 aliphatic carbocycles. The zero-order valence-corrected chi connectivity index (χ0v) is 15.0. The second-order valence-electron chi connectivity index (χ2n) is 6.38. The maximum atomic E-state index is 9.24. The Morgan fingerprint density at radius 2 is 1.91 bits per heavy atom. The van der Waals surface area contributed by atoms with Crippen molar-refractivity contribution in [2.24, 2.45) is 11.8 Å². The summed E-state index contributed by atoms with van der Waals surface area (Å²) in [5.41, 5.74) is 2.33. The molecule has 0 aromatic heterocycles. The van der Waals surface area contributed by atoms with Gasteiger partial charge in [0.1, 0.15) is 6.79 Å². The molecule has 0 fully saturated rings. The van der Waals surface area contributed by atoms with Gasteiger partial charge in [0, 0.05) is 6.61 Å². The van der Waals surface area contributed by atoms with Gasteiger partial charge in [-0.2, -0.15) is 0 Å². The van der Waals surface area contributed by atoms with Gasteiger partial charge in [0.25, 0.3) is 0 Å². The molecule has 0 aliphatic rings. The number of aliphatic hydroxyl groups excluding tert-OH is 1. The standard InChI is InChI=1S/C20H32O3/c1-5-9-17(3)20(18(4)12-16(2)13-21)23-15-22-14-19-10-7-6-8-11-19/h6-8,10-12,16-17,20-21H,5,9,13-15H2,1-4H3/b18-12+/t16-,17+,20-/m0/s1. The number of benzene rings is 1. The van der Waals surface area contributed by atoms with Crippen LogP contribution in [0.5, 0.6) is 0 Å². The fraction of sp³-hybridized carbons (Fsp3) is 0.600. The third-order valence-electron chi connectivity index (χ3n) is 3.99. The van der Waals surface area contributed by atoms with Gasteiger partial charge < -0.3 is 14.6 Å². The lowest BCUT2D eigenvalue weighted by molar-refractivity contribution is -0.0991. The van der Waals surface area contributed by atoms with Crippen molar-refractivity contribution in [2.45, 2.75) is 53.2 Å². The fourth-order valence-corrected chi connectivity index (χ4v) is 2.80. The highest BCUT2D eigenvalue weighted by molar-refractivity contribution is 5.13. The summed E-state index contributed by atoms with van der Waals surface area (Å²) in [6, 6.07) is 10.1. The number of hydrogen-bond donors (Lipinski definition) is 1. The van der Waals surface area contributed by atoms with Crippen molar-refractivity contribution < 1.29 is 14.6 Å². The van der Waals surface area contributed by atoms with Crippen molar-refractivity contribution in [1.29, 1.82) is 0 Å². The van der Waals surface area contributed by atoms with Gasteiger partial charge in [0.15, 0.2) is 0 Å². The first-order chi connectivity index (χ1) is 11.1. The molecule has 0 amide bonds. The van der Waals surface area contributed by atoms with Gasteiger partial charge >= 0.3 is 0 Å². The lowest BCUT2D eigenvalue weighted by atomic mass is 9.92. The molecular formula is C20H32O3. The van der Waals surface area contributed by atoms with Crippen LogP contribution in [0.3, 0.4) is 0 Å². The van der Waals surface area contributed by atoms with E-state index in [0.29, 0.717) is 12.5 Å². The highest BCUT2D eigenvalue weighted by Gasteiger charge is 2.19. The molecule has 1 aromatic rings. The summed E-state index contributed by atoms with van der Waals surface area (Å²) in [6.07, 6.45) is 4.39. The first-order valence-electron chi connectivity index (χ1n) is 8.60. The summed E-state index contributed by atoms with van der Waals surface area (Å²) >= 11 is 0. The largest absolute Gasteiger partial charge is 0.396 e. The van der Waals surface area contributed by atoms with Crippen LogP contribution in [-0.4, -0.2) is 24.6 Å². The van der Waals surface area contributed by atoms with Gasteiger partial charge in [-0.15, -0.1) is 0 Å². The summed E-state index contributed by atoms with van der Waals surface area (Å²) in [5.74, 6) is 0.586. The van der Waals surface area contributed by atoms with Crippen LogP contribution in [0.2, 0.25) is 0 Å². The minimum absolute atomic E-state index is 0.0414. The van der Waals surface area contributed by atoms with E-state index in [4.69, 9.17) is 9.47 Å². The Morgan fingerprint density at radius 3 is 2.52 bits per heavy atom. The van der Waals surface area contributed by atoms with Crippen LogP contribution >= 0.6 is 0 Å². The highest BCUT2D eigenvalue weighted by Crippen LogP contribution is 2.22. The third kappa shape index (κ3) is 7.78. The number of ether oxygens (including phenoxy) is 2. The van der Waals surface area contributed by atoms with Gasteiger partial charge in [0.05, 0.1) is 12.7 Å². The van der Waals surface area contributed by atoms with E-state index in [-0.39, 0.29) is 25.4 Å². The summed E-state index contributed by atoms with van der Waals surface area (Å²) in [5, 5.41) is 9.24. The molecule has 3 heteroatoms. The molecule has 0 aliphatic heterocycles. The zero-order chi connectivity index (χ0) is 17.1. The molecule has 1 N–H and O–H groups in total. The second-order valence-corrected chi connectivity index (χ2v) is 6.38. The quantitative estimate of drug-likeness (QED) is 0.369. The molecule has 0 spiro atoms. The van der Waals surface area contributed by atoms with Crippen molar-refractivity contribution in [3.8, 4) is 0 Å². The van der Waals surface area contributed by atoms with Crippen molar-refractivity contribution >= 4 is 0 Å². The summed E-state index contributed by atoms with van der Waals surface area (Å²) in [7, 11) is 0. The third-order valence-corrected chi connectivity index (χ3v) is 3.99. The minimum atomic E-state index is 0.0414. The van der Waals surface area contributed by atoms with Crippen molar-refractivity contribution in [3.63, 3.8) is 0 Å². The topological polar surface area (TPSA) is 38.7 Å². The molecule has 130 valence electrons. The van der Waals surface area contributed by atoms with E-state index in [2.05, 4.69) is 26.8 Å². The Bertz CT molecular complexity index is 441. The van der Waals surface area contributed by atoms with E-state index in [1.165, 1.54) is 5.57 Å². The van der Waals surface area contributed by atoms with Crippen LogP contribution in [0.1, 0.15) is 46.1 Å². The van der Waals surface area contributed by atoms with Crippen LogP contribution in [0.25, 0.3) is 0 Å². The second kappa shape index (κ2) is 11.4. The first-order valence-corrected chi connectivity index (χ1v) is 8.60. The Kier molecular flexibility index (Phi) is 9.85. The molecule has 0 saturated heterocycles. The van der Waals surface area contributed by atoms with Gasteiger partial charge in [-0.1, -0.05) is 63.6 Å². The number of hydrogen-bond acceptors (Lipinski definition) is 3. The highest BCUT2D eigenvalue weighted by atomic mass is 16.7. The van der Waals surface area contributed by atoms with Crippen LogP contribution in [0.15, 0.2) is 42.0 Å².